The Balaban J connectivity index is 1.77. The van der Waals surface area contributed by atoms with E-state index >= 15 is 4.57 Å². The van der Waals surface area contributed by atoms with E-state index in [4.69, 9.17) is 10.3 Å². The standard InChI is InChI=1S/C31H26NO4P/c32-24-15-9-21(10-16-24)31(22-11-17-25(33)18-12-22,23-13-19-26(34)20-14-23)37(35)30-8-4-2-6-28(30)27-5-1-3-7-29(27)36-37/h1-9,11-15,17-20,33-34H,10,16,32H2. The van der Waals surface area contributed by atoms with Gasteiger partial charge in [0.25, 0.3) is 7.37 Å². The van der Waals surface area contributed by atoms with E-state index in [1.807, 2.05) is 60.7 Å². The van der Waals surface area contributed by atoms with Crippen LogP contribution in [0.4, 0.5) is 0 Å². The van der Waals surface area contributed by atoms with E-state index < -0.39 is 12.5 Å². The number of fused-ring (bicyclic) bond motifs is 3. The van der Waals surface area contributed by atoms with E-state index in [0.717, 1.165) is 22.4 Å². The minimum absolute atomic E-state index is 0.110. The molecule has 1 aliphatic carbocycles. The van der Waals surface area contributed by atoms with Crippen LogP contribution in [0.25, 0.3) is 11.1 Å². The fraction of sp³-hybridized carbons (Fsp3) is 0.0968. The second-order valence-electron chi connectivity index (χ2n) is 9.39. The molecule has 37 heavy (non-hydrogen) atoms. The normalized spacial score (nSPS) is 18.6. The first kappa shape index (κ1) is 23.2. The molecule has 6 heteroatoms. The van der Waals surface area contributed by atoms with Crippen molar-refractivity contribution in [1.29, 1.82) is 0 Å². The predicted molar refractivity (Wildman–Crippen MR) is 146 cm³/mol. The van der Waals surface area contributed by atoms with Crippen molar-refractivity contribution in [3.8, 4) is 28.4 Å². The molecule has 1 aliphatic heterocycles. The fourth-order valence-electron chi connectivity index (χ4n) is 5.59. The zero-order valence-electron chi connectivity index (χ0n) is 20.0. The summed E-state index contributed by atoms with van der Waals surface area (Å²) in [4.78, 5) is 0. The molecule has 4 aromatic carbocycles. The van der Waals surface area contributed by atoms with Crippen molar-refractivity contribution >= 4 is 12.7 Å². The lowest BCUT2D eigenvalue weighted by molar-refractivity contribution is 0.461. The fourth-order valence-corrected chi connectivity index (χ4v) is 8.96. The molecule has 1 unspecified atom stereocenters. The number of para-hydroxylation sites is 1. The maximum Gasteiger partial charge on any atom is 0.296 e. The number of phenols is 2. The number of phenolic OH excluding ortho intramolecular Hbond substituents is 2. The van der Waals surface area contributed by atoms with Gasteiger partial charge in [-0.3, -0.25) is 4.57 Å². The van der Waals surface area contributed by atoms with Gasteiger partial charge in [-0.05, 0) is 77.6 Å². The van der Waals surface area contributed by atoms with E-state index in [2.05, 4.69) is 0 Å². The van der Waals surface area contributed by atoms with Gasteiger partial charge in [-0.1, -0.05) is 66.7 Å². The SMILES string of the molecule is NC1=CC=C(C(c2ccc(O)cc2)(c2ccc(O)cc2)P2(=O)Oc3ccccc3-c3ccccc32)CC1. The summed E-state index contributed by atoms with van der Waals surface area (Å²) >= 11 is 0. The maximum atomic E-state index is 16.0. The van der Waals surface area contributed by atoms with E-state index in [0.29, 0.717) is 35.0 Å². The Morgan fingerprint density at radius 2 is 1.27 bits per heavy atom. The summed E-state index contributed by atoms with van der Waals surface area (Å²) in [5.41, 5.74) is 11.0. The van der Waals surface area contributed by atoms with Gasteiger partial charge in [-0.25, -0.2) is 0 Å². The molecule has 0 radical (unpaired) electrons. The Morgan fingerprint density at radius 1 is 0.703 bits per heavy atom. The molecule has 0 saturated carbocycles. The van der Waals surface area contributed by atoms with Crippen LogP contribution in [0.15, 0.2) is 120 Å². The highest BCUT2D eigenvalue weighted by molar-refractivity contribution is 7.69. The van der Waals surface area contributed by atoms with Crippen molar-refractivity contribution in [2.75, 3.05) is 0 Å². The monoisotopic (exact) mass is 507 g/mol. The van der Waals surface area contributed by atoms with Gasteiger partial charge in [0, 0.05) is 11.3 Å². The molecule has 0 spiro atoms. The number of allylic oxidation sites excluding steroid dienone is 4. The van der Waals surface area contributed by atoms with Crippen LogP contribution in [0.2, 0.25) is 0 Å². The van der Waals surface area contributed by atoms with Gasteiger partial charge in [-0.2, -0.15) is 0 Å². The lowest BCUT2D eigenvalue weighted by Gasteiger charge is -2.45. The first-order chi connectivity index (χ1) is 17.9. The lowest BCUT2D eigenvalue weighted by Crippen LogP contribution is -2.39. The highest BCUT2D eigenvalue weighted by Gasteiger charge is 2.58. The van der Waals surface area contributed by atoms with Crippen molar-refractivity contribution in [3.05, 3.63) is 132 Å². The second-order valence-corrected chi connectivity index (χ2v) is 11.8. The molecule has 5 nitrogen and oxygen atoms in total. The molecule has 4 aromatic rings. The summed E-state index contributed by atoms with van der Waals surface area (Å²) in [7, 11) is -3.84. The van der Waals surface area contributed by atoms with E-state index in [1.54, 1.807) is 48.5 Å². The largest absolute Gasteiger partial charge is 0.508 e. The minimum atomic E-state index is -3.84. The zero-order valence-corrected chi connectivity index (χ0v) is 20.9. The molecular weight excluding hydrogens is 481 g/mol. The Morgan fingerprint density at radius 3 is 1.86 bits per heavy atom. The lowest BCUT2D eigenvalue weighted by atomic mass is 9.80. The zero-order chi connectivity index (χ0) is 25.6. The van der Waals surface area contributed by atoms with Gasteiger partial charge in [0.2, 0.25) is 0 Å². The third kappa shape index (κ3) is 3.50. The summed E-state index contributed by atoms with van der Waals surface area (Å²) in [5.74, 6) is 0.773. The van der Waals surface area contributed by atoms with Crippen LogP contribution in [-0.4, -0.2) is 10.2 Å². The molecule has 1 atom stereocenters. The first-order valence-corrected chi connectivity index (χ1v) is 13.8. The molecule has 0 bridgehead atoms. The van der Waals surface area contributed by atoms with Gasteiger partial charge in [0.1, 0.15) is 22.4 Å². The van der Waals surface area contributed by atoms with Crippen LogP contribution >= 0.6 is 7.37 Å². The average Bonchev–Trinajstić information content (AvgIpc) is 2.92. The number of benzene rings is 4. The van der Waals surface area contributed by atoms with Crippen LogP contribution in [0.3, 0.4) is 0 Å². The van der Waals surface area contributed by atoms with Gasteiger partial charge < -0.3 is 20.5 Å². The second kappa shape index (κ2) is 8.72. The summed E-state index contributed by atoms with van der Waals surface area (Å²) < 4.78 is 22.7. The molecule has 2 aliphatic rings. The molecule has 4 N–H and O–H groups in total. The number of rotatable bonds is 4. The number of aromatic hydroxyl groups is 2. The number of hydrogen-bond donors (Lipinski definition) is 3. The Bertz CT molecular complexity index is 1560. The van der Waals surface area contributed by atoms with Crippen LogP contribution in [-0.2, 0) is 9.72 Å². The first-order valence-electron chi connectivity index (χ1n) is 12.2. The van der Waals surface area contributed by atoms with Crippen molar-refractivity contribution in [3.63, 3.8) is 0 Å². The molecule has 0 fully saturated rings. The van der Waals surface area contributed by atoms with Crippen molar-refractivity contribution in [1.82, 2.24) is 0 Å². The van der Waals surface area contributed by atoms with E-state index in [-0.39, 0.29) is 11.5 Å². The van der Waals surface area contributed by atoms with Crippen LogP contribution < -0.4 is 15.6 Å². The third-order valence-corrected chi connectivity index (χ3v) is 10.4. The molecule has 0 aromatic heterocycles. The average molecular weight is 508 g/mol. The topological polar surface area (TPSA) is 92.8 Å². The summed E-state index contributed by atoms with van der Waals surface area (Å²) in [5, 5.41) is 19.7. The predicted octanol–water partition coefficient (Wildman–Crippen LogP) is 6.57. The molecule has 0 amide bonds. The van der Waals surface area contributed by atoms with Crippen LogP contribution in [0, 0.1) is 0 Å². The molecule has 0 saturated heterocycles. The summed E-state index contributed by atoms with van der Waals surface area (Å²) in [6.45, 7) is 0. The van der Waals surface area contributed by atoms with Crippen molar-refractivity contribution in [2.24, 2.45) is 5.73 Å². The summed E-state index contributed by atoms with van der Waals surface area (Å²) in [6.07, 6.45) is 5.00. The van der Waals surface area contributed by atoms with Gasteiger partial charge in [-0.15, -0.1) is 0 Å². The molecule has 6 rings (SSSR count). The maximum absolute atomic E-state index is 16.0. The molecule has 1 heterocycles. The van der Waals surface area contributed by atoms with Gasteiger partial charge in [0.15, 0.2) is 0 Å². The molecule has 184 valence electrons. The van der Waals surface area contributed by atoms with Crippen LogP contribution in [0.1, 0.15) is 24.0 Å². The van der Waals surface area contributed by atoms with E-state index in [1.165, 1.54) is 0 Å². The Labute approximate surface area is 215 Å². The van der Waals surface area contributed by atoms with Gasteiger partial charge >= 0.3 is 0 Å². The Kier molecular flexibility index (Phi) is 5.47. The highest BCUT2D eigenvalue weighted by atomic mass is 31.2. The van der Waals surface area contributed by atoms with Gasteiger partial charge in [0.05, 0.1) is 5.30 Å². The summed E-state index contributed by atoms with van der Waals surface area (Å²) in [6, 6.07) is 29.0. The van der Waals surface area contributed by atoms with Crippen molar-refractivity contribution < 1.29 is 19.3 Å². The highest BCUT2D eigenvalue weighted by Crippen LogP contribution is 2.72. The van der Waals surface area contributed by atoms with Crippen molar-refractivity contribution in [2.45, 2.75) is 18.0 Å². The smallest absolute Gasteiger partial charge is 0.296 e. The number of hydrogen-bond acceptors (Lipinski definition) is 5. The molecular formula is C31H26NO4P. The Hall–Kier alpha value is -4.21. The number of nitrogens with two attached hydrogens (primary N) is 1. The quantitative estimate of drug-likeness (QED) is 0.272. The third-order valence-electron chi connectivity index (χ3n) is 7.28. The minimum Gasteiger partial charge on any atom is -0.508 e. The van der Waals surface area contributed by atoms with E-state index in [9.17, 15) is 10.2 Å². The van der Waals surface area contributed by atoms with Crippen LogP contribution in [0.5, 0.6) is 17.2 Å².